The van der Waals surface area contributed by atoms with Gasteiger partial charge in [0.15, 0.2) is 0 Å². The molecule has 0 aliphatic heterocycles. The fourth-order valence-electron chi connectivity index (χ4n) is 2.57. The lowest BCUT2D eigenvalue weighted by molar-refractivity contribution is 0.0648. The van der Waals surface area contributed by atoms with Crippen LogP contribution in [0, 0.1) is 0 Å². The summed E-state index contributed by atoms with van der Waals surface area (Å²) in [6.07, 6.45) is 4.16. The molecular formula is C18H16N4O5. The van der Waals surface area contributed by atoms with Gasteiger partial charge in [-0.15, -0.1) is 0 Å². The van der Waals surface area contributed by atoms with E-state index < -0.39 is 17.9 Å². The smallest absolute Gasteiger partial charge is 0.375 e. The monoisotopic (exact) mass is 368 g/mol. The highest BCUT2D eigenvalue weighted by Gasteiger charge is 2.28. The predicted octanol–water partition coefficient (Wildman–Crippen LogP) is 2.33. The molecule has 0 fully saturated rings. The van der Waals surface area contributed by atoms with Crippen LogP contribution in [0.25, 0.3) is 11.3 Å². The second kappa shape index (κ2) is 7.65. The third-order valence-corrected chi connectivity index (χ3v) is 3.86. The van der Waals surface area contributed by atoms with Crippen LogP contribution in [0.15, 0.2) is 47.4 Å². The number of aromatic carboxylic acids is 1. The first-order chi connectivity index (χ1) is 13.0. The number of nitrogens with one attached hydrogen (secondary N) is 1. The number of hydrogen-bond donors (Lipinski definition) is 2. The summed E-state index contributed by atoms with van der Waals surface area (Å²) in [5.41, 5.74) is 1.32. The lowest BCUT2D eigenvalue weighted by atomic mass is 10.0. The third-order valence-electron chi connectivity index (χ3n) is 3.86. The molecule has 0 saturated carbocycles. The Bertz CT molecular complexity index is 954. The first-order valence-electron chi connectivity index (χ1n) is 7.95. The highest BCUT2D eigenvalue weighted by atomic mass is 16.5. The molecule has 1 atom stereocenters. The van der Waals surface area contributed by atoms with Crippen molar-refractivity contribution in [1.29, 1.82) is 0 Å². The number of nitrogens with zero attached hydrogens (tertiary/aromatic N) is 3. The van der Waals surface area contributed by atoms with Gasteiger partial charge in [0.25, 0.3) is 5.91 Å². The number of benzene rings is 1. The lowest BCUT2D eigenvalue weighted by Crippen LogP contribution is -2.28. The highest BCUT2D eigenvalue weighted by molar-refractivity contribution is 5.93. The molecule has 3 aromatic rings. The molecule has 0 aliphatic rings. The third kappa shape index (κ3) is 3.76. The minimum Gasteiger partial charge on any atom is -0.497 e. The lowest BCUT2D eigenvalue weighted by Gasteiger charge is -2.14. The molecule has 0 aliphatic carbocycles. The van der Waals surface area contributed by atoms with E-state index in [1.807, 2.05) is 0 Å². The van der Waals surface area contributed by atoms with Crippen molar-refractivity contribution >= 4 is 11.9 Å². The Kier molecular flexibility index (Phi) is 5.11. The van der Waals surface area contributed by atoms with Crippen molar-refractivity contribution in [3.8, 4) is 17.0 Å². The van der Waals surface area contributed by atoms with E-state index in [1.54, 1.807) is 38.3 Å². The molecule has 9 heteroatoms. The van der Waals surface area contributed by atoms with E-state index in [0.717, 1.165) is 0 Å². The SMILES string of the molecule is COc1ccc(-c2noc(C(=O)O)c2C(C)NC(=O)c2cnccn2)cc1. The van der Waals surface area contributed by atoms with Gasteiger partial charge in [-0.25, -0.2) is 9.78 Å². The molecule has 2 heterocycles. The van der Waals surface area contributed by atoms with Crippen molar-refractivity contribution in [2.75, 3.05) is 7.11 Å². The van der Waals surface area contributed by atoms with Crippen molar-refractivity contribution in [2.45, 2.75) is 13.0 Å². The zero-order chi connectivity index (χ0) is 19.4. The molecule has 138 valence electrons. The molecule has 9 nitrogen and oxygen atoms in total. The predicted molar refractivity (Wildman–Crippen MR) is 93.4 cm³/mol. The summed E-state index contributed by atoms with van der Waals surface area (Å²) in [7, 11) is 1.54. The van der Waals surface area contributed by atoms with Gasteiger partial charge in [0.05, 0.1) is 24.9 Å². The molecule has 0 bridgehead atoms. The van der Waals surface area contributed by atoms with Crippen LogP contribution < -0.4 is 10.1 Å². The highest BCUT2D eigenvalue weighted by Crippen LogP contribution is 2.31. The van der Waals surface area contributed by atoms with E-state index in [0.29, 0.717) is 17.0 Å². The summed E-state index contributed by atoms with van der Waals surface area (Å²) in [6.45, 7) is 1.64. The maximum absolute atomic E-state index is 12.3. The molecule has 1 aromatic carbocycles. The number of carbonyl (C=O) groups excluding carboxylic acids is 1. The summed E-state index contributed by atoms with van der Waals surface area (Å²) >= 11 is 0. The van der Waals surface area contributed by atoms with E-state index in [2.05, 4.69) is 20.4 Å². The first-order valence-corrected chi connectivity index (χ1v) is 7.95. The maximum Gasteiger partial charge on any atom is 0.375 e. The summed E-state index contributed by atoms with van der Waals surface area (Å²) in [6, 6.07) is 6.19. The minimum absolute atomic E-state index is 0.115. The molecular weight excluding hydrogens is 352 g/mol. The number of carbonyl (C=O) groups is 2. The second-order valence-corrected chi connectivity index (χ2v) is 5.59. The van der Waals surface area contributed by atoms with Crippen molar-refractivity contribution < 1.29 is 24.0 Å². The molecule has 27 heavy (non-hydrogen) atoms. The fraction of sp³-hybridized carbons (Fsp3) is 0.167. The van der Waals surface area contributed by atoms with Crippen molar-refractivity contribution in [1.82, 2.24) is 20.4 Å². The van der Waals surface area contributed by atoms with E-state index >= 15 is 0 Å². The topological polar surface area (TPSA) is 127 Å². The van der Waals surface area contributed by atoms with Gasteiger partial charge in [0.2, 0.25) is 5.76 Å². The van der Waals surface area contributed by atoms with Crippen LogP contribution in [0.3, 0.4) is 0 Å². The number of ether oxygens (including phenoxy) is 1. The normalized spacial score (nSPS) is 11.6. The number of methoxy groups -OCH3 is 1. The zero-order valence-corrected chi connectivity index (χ0v) is 14.5. The summed E-state index contributed by atoms with van der Waals surface area (Å²) < 4.78 is 10.1. The van der Waals surface area contributed by atoms with Crippen LogP contribution in [-0.2, 0) is 0 Å². The van der Waals surface area contributed by atoms with Gasteiger partial charge in [-0.2, -0.15) is 0 Å². The Morgan fingerprint density at radius 1 is 1.22 bits per heavy atom. The molecule has 3 rings (SSSR count). The standard InChI is InChI=1S/C18H16N4O5/c1-10(21-17(23)13-9-19-7-8-20-13)14-15(22-27-16(14)18(24)25)11-3-5-12(26-2)6-4-11/h3-10H,1-2H3,(H,21,23)(H,24,25). The van der Waals surface area contributed by atoms with E-state index in [9.17, 15) is 14.7 Å². The zero-order valence-electron chi connectivity index (χ0n) is 14.5. The molecule has 0 saturated heterocycles. The fourth-order valence-corrected chi connectivity index (χ4v) is 2.57. The maximum atomic E-state index is 12.3. The number of carboxylic acids is 1. The molecule has 2 aromatic heterocycles. The van der Waals surface area contributed by atoms with Gasteiger partial charge in [0.1, 0.15) is 17.1 Å². The minimum atomic E-state index is -1.28. The quantitative estimate of drug-likeness (QED) is 0.678. The van der Waals surface area contributed by atoms with Gasteiger partial charge in [-0.05, 0) is 31.2 Å². The number of aromatic nitrogens is 3. The van der Waals surface area contributed by atoms with Crippen molar-refractivity contribution in [3.05, 3.63) is 59.9 Å². The average molecular weight is 368 g/mol. The molecule has 0 radical (unpaired) electrons. The van der Waals surface area contributed by atoms with Crippen LogP contribution in [0.2, 0.25) is 0 Å². The molecule has 0 spiro atoms. The molecule has 1 unspecified atom stereocenters. The van der Waals surface area contributed by atoms with Crippen LogP contribution in [0.1, 0.15) is 39.6 Å². The van der Waals surface area contributed by atoms with Crippen LogP contribution in [0.4, 0.5) is 0 Å². The Balaban J connectivity index is 1.95. The largest absolute Gasteiger partial charge is 0.497 e. The number of carboxylic acid groups (broad SMARTS) is 1. The van der Waals surface area contributed by atoms with E-state index in [1.165, 1.54) is 18.6 Å². The first kappa shape index (κ1) is 18.1. The second-order valence-electron chi connectivity index (χ2n) is 5.59. The number of amides is 1. The molecule has 1 amide bonds. The van der Waals surface area contributed by atoms with E-state index in [4.69, 9.17) is 9.26 Å². The van der Waals surface area contributed by atoms with Crippen LogP contribution in [0.5, 0.6) is 5.75 Å². The Morgan fingerprint density at radius 2 is 1.96 bits per heavy atom. The Hall–Kier alpha value is -3.75. The summed E-state index contributed by atoms with van der Waals surface area (Å²) in [5, 5.41) is 16.0. The van der Waals surface area contributed by atoms with Crippen molar-refractivity contribution in [2.24, 2.45) is 0 Å². The van der Waals surface area contributed by atoms with Gasteiger partial charge < -0.3 is 19.7 Å². The van der Waals surface area contributed by atoms with Gasteiger partial charge in [-0.3, -0.25) is 9.78 Å². The Labute approximate surface area is 154 Å². The molecule has 2 N–H and O–H groups in total. The average Bonchev–Trinajstić information content (AvgIpc) is 3.14. The Morgan fingerprint density at radius 3 is 2.56 bits per heavy atom. The van der Waals surface area contributed by atoms with Crippen molar-refractivity contribution in [3.63, 3.8) is 0 Å². The van der Waals surface area contributed by atoms with Gasteiger partial charge >= 0.3 is 5.97 Å². The number of rotatable bonds is 6. The number of hydrogen-bond acceptors (Lipinski definition) is 7. The van der Waals surface area contributed by atoms with Gasteiger partial charge in [0, 0.05) is 18.0 Å². The summed E-state index contributed by atoms with van der Waals surface area (Å²) in [4.78, 5) is 31.6. The van der Waals surface area contributed by atoms with E-state index in [-0.39, 0.29) is 17.0 Å². The van der Waals surface area contributed by atoms with Gasteiger partial charge in [-0.1, -0.05) is 5.16 Å². The van der Waals surface area contributed by atoms with Crippen LogP contribution >= 0.6 is 0 Å². The summed E-state index contributed by atoms with van der Waals surface area (Å²) in [5.74, 6) is -1.47. The van der Waals surface area contributed by atoms with Crippen LogP contribution in [-0.4, -0.2) is 39.2 Å².